The molecule has 2 N–H and O–H groups in total. The molecule has 2 unspecified atom stereocenters. The number of hydrazone groups is 1. The van der Waals surface area contributed by atoms with Crippen molar-refractivity contribution in [1.29, 1.82) is 5.26 Å². The molecule has 0 fully saturated rings. The third-order valence-corrected chi connectivity index (χ3v) is 8.03. The number of nitriles is 1. The van der Waals surface area contributed by atoms with Crippen molar-refractivity contribution >= 4 is 33.0 Å². The van der Waals surface area contributed by atoms with Gasteiger partial charge in [-0.05, 0) is 37.0 Å². The summed E-state index contributed by atoms with van der Waals surface area (Å²) in [5.41, 5.74) is 3.27. The van der Waals surface area contributed by atoms with Gasteiger partial charge in [-0.25, -0.2) is 13.1 Å². The molecule has 194 valence electrons. The molecule has 3 rings (SSSR count). The number of para-hydroxylation sites is 1. The highest BCUT2D eigenvalue weighted by atomic mass is 32.2. The molecule has 1 aliphatic carbocycles. The number of nitrogens with one attached hydrogen (secondary N) is 2. The van der Waals surface area contributed by atoms with Gasteiger partial charge in [0.1, 0.15) is 28.2 Å². The van der Waals surface area contributed by atoms with Gasteiger partial charge in [0, 0.05) is 12.1 Å². The van der Waals surface area contributed by atoms with Crippen LogP contribution >= 0.6 is 0 Å². The second kappa shape index (κ2) is 12.6. The molecule has 0 spiro atoms. The van der Waals surface area contributed by atoms with Crippen LogP contribution in [-0.4, -0.2) is 32.2 Å². The van der Waals surface area contributed by atoms with E-state index in [1.807, 2.05) is 13.0 Å². The number of allylic oxidation sites excluding steroid dienone is 2. The van der Waals surface area contributed by atoms with E-state index in [0.717, 1.165) is 25.7 Å². The third kappa shape index (κ3) is 6.40. The zero-order valence-electron chi connectivity index (χ0n) is 21.3. The Bertz CT molecular complexity index is 1360. The highest BCUT2D eigenvalue weighted by Crippen LogP contribution is 2.30. The van der Waals surface area contributed by atoms with Crippen molar-refractivity contribution in [2.75, 3.05) is 12.0 Å². The summed E-state index contributed by atoms with van der Waals surface area (Å²) in [6.07, 6.45) is 3.90. The van der Waals surface area contributed by atoms with Crippen LogP contribution in [0.2, 0.25) is 0 Å². The number of anilines is 1. The Morgan fingerprint density at radius 1 is 1.03 bits per heavy atom. The molecule has 8 nitrogen and oxygen atoms in total. The fourth-order valence-electron chi connectivity index (χ4n) is 4.27. The van der Waals surface area contributed by atoms with Crippen molar-refractivity contribution in [1.82, 2.24) is 4.72 Å². The average Bonchev–Trinajstić information content (AvgIpc) is 2.90. The van der Waals surface area contributed by atoms with Gasteiger partial charge in [-0.3, -0.25) is 15.0 Å². The van der Waals surface area contributed by atoms with Crippen LogP contribution in [0.5, 0.6) is 0 Å². The third-order valence-electron chi connectivity index (χ3n) is 6.55. The molecule has 2 atom stereocenters. The monoisotopic (exact) mass is 520 g/mol. The van der Waals surface area contributed by atoms with Crippen molar-refractivity contribution in [3.63, 3.8) is 0 Å². The predicted molar refractivity (Wildman–Crippen MR) is 144 cm³/mol. The van der Waals surface area contributed by atoms with Gasteiger partial charge in [-0.15, -0.1) is 0 Å². The predicted octanol–water partition coefficient (Wildman–Crippen LogP) is 4.72. The maximum Gasteiger partial charge on any atom is 0.242 e. The minimum Gasteiger partial charge on any atom is -0.292 e. The van der Waals surface area contributed by atoms with Gasteiger partial charge >= 0.3 is 0 Å². The Balaban J connectivity index is 1.92. The Hall–Kier alpha value is -3.61. The molecule has 37 heavy (non-hydrogen) atoms. The van der Waals surface area contributed by atoms with Crippen molar-refractivity contribution in [3.8, 4) is 6.07 Å². The first-order chi connectivity index (χ1) is 17.7. The van der Waals surface area contributed by atoms with Crippen LogP contribution in [0.25, 0.3) is 0 Å². The van der Waals surface area contributed by atoms with Gasteiger partial charge in [0.05, 0.1) is 5.69 Å². The molecule has 0 aromatic heterocycles. The number of unbranched alkanes of at least 4 members (excludes halogenated alkanes) is 1. The first-order valence-electron chi connectivity index (χ1n) is 12.4. The molecule has 0 aliphatic heterocycles. The van der Waals surface area contributed by atoms with Gasteiger partial charge in [-0.2, -0.15) is 10.4 Å². The Kier molecular flexibility index (Phi) is 9.50. The Morgan fingerprint density at radius 2 is 1.70 bits per heavy atom. The summed E-state index contributed by atoms with van der Waals surface area (Å²) < 4.78 is 29.0. The normalized spacial score (nSPS) is 18.1. The zero-order chi connectivity index (χ0) is 27.0. The van der Waals surface area contributed by atoms with E-state index in [2.05, 4.69) is 22.2 Å². The van der Waals surface area contributed by atoms with E-state index in [1.54, 1.807) is 48.5 Å². The number of ketones is 2. The van der Waals surface area contributed by atoms with Crippen molar-refractivity contribution in [2.24, 2.45) is 11.0 Å². The van der Waals surface area contributed by atoms with E-state index >= 15 is 0 Å². The number of sulfonamides is 1. The molecule has 1 aliphatic rings. The van der Waals surface area contributed by atoms with Crippen LogP contribution in [-0.2, 0) is 19.6 Å². The number of hydrogen-bond donors (Lipinski definition) is 2. The first-order valence-corrected chi connectivity index (χ1v) is 13.9. The molecular formula is C28H32N4O4S. The summed E-state index contributed by atoms with van der Waals surface area (Å²) >= 11 is 0. The summed E-state index contributed by atoms with van der Waals surface area (Å²) in [4.78, 5) is 26.3. The van der Waals surface area contributed by atoms with Gasteiger partial charge < -0.3 is 0 Å². The lowest BCUT2D eigenvalue weighted by molar-refractivity contribution is -0.124. The van der Waals surface area contributed by atoms with E-state index in [0.29, 0.717) is 12.1 Å². The number of benzene rings is 2. The number of Topliss-reactive ketones (excluding diaryl/α,β-unsaturated/α-hetero) is 2. The fraction of sp³-hybridized carbons (Fsp3) is 0.357. The Morgan fingerprint density at radius 3 is 2.35 bits per heavy atom. The average molecular weight is 521 g/mol. The molecule has 0 heterocycles. The molecule has 0 saturated heterocycles. The highest BCUT2D eigenvalue weighted by Gasteiger charge is 2.40. The molecular weight excluding hydrogens is 488 g/mol. The summed E-state index contributed by atoms with van der Waals surface area (Å²) in [6, 6.07) is 16.7. The Labute approximate surface area is 218 Å². The highest BCUT2D eigenvalue weighted by molar-refractivity contribution is 7.89. The van der Waals surface area contributed by atoms with Crippen molar-refractivity contribution in [2.45, 2.75) is 57.3 Å². The smallest absolute Gasteiger partial charge is 0.242 e. The zero-order valence-corrected chi connectivity index (χ0v) is 22.1. The maximum atomic E-state index is 13.3. The SMILES string of the molecule is CCCCC(CC)CNS(=O)(=O)c1ccccc1NN=C1C(=O)C(c2ccccc2)C(=O)C(C#N)=C1C. The fourth-order valence-corrected chi connectivity index (χ4v) is 5.54. The molecule has 2 aromatic rings. The van der Waals surface area contributed by atoms with Gasteiger partial charge in [0.25, 0.3) is 0 Å². The summed E-state index contributed by atoms with van der Waals surface area (Å²) in [5.74, 6) is -2.08. The van der Waals surface area contributed by atoms with Crippen LogP contribution in [0, 0.1) is 17.2 Å². The molecule has 9 heteroatoms. The van der Waals surface area contributed by atoms with E-state index < -0.39 is 27.5 Å². The molecule has 0 bridgehead atoms. The molecule has 2 aromatic carbocycles. The van der Waals surface area contributed by atoms with Gasteiger partial charge in [-0.1, -0.05) is 75.6 Å². The van der Waals surface area contributed by atoms with Crippen molar-refractivity contribution < 1.29 is 18.0 Å². The summed E-state index contributed by atoms with van der Waals surface area (Å²) in [5, 5.41) is 13.8. The van der Waals surface area contributed by atoms with Crippen LogP contribution < -0.4 is 10.1 Å². The topological polar surface area (TPSA) is 128 Å². The number of nitrogens with zero attached hydrogens (tertiary/aromatic N) is 2. The van der Waals surface area contributed by atoms with E-state index in [1.165, 1.54) is 13.0 Å². The van der Waals surface area contributed by atoms with Crippen molar-refractivity contribution in [3.05, 3.63) is 71.3 Å². The lowest BCUT2D eigenvalue weighted by Gasteiger charge is -2.22. The van der Waals surface area contributed by atoms with E-state index in [-0.39, 0.29) is 33.4 Å². The summed E-state index contributed by atoms with van der Waals surface area (Å²) in [6.45, 7) is 5.96. The summed E-state index contributed by atoms with van der Waals surface area (Å²) in [7, 11) is -3.86. The number of hydrogen-bond acceptors (Lipinski definition) is 7. The molecule has 0 radical (unpaired) electrons. The number of rotatable bonds is 11. The standard InChI is InChI=1S/C28H32N4O4S/c1-4-6-12-20(5-2)18-30-37(35,36)24-16-11-10-15-23(24)31-32-26-19(3)22(17-29)27(33)25(28(26)34)21-13-8-7-9-14-21/h7-11,13-16,20,25,30-31H,4-6,12,18H2,1-3H3. The minimum atomic E-state index is -3.86. The number of carbonyl (C=O) groups excluding carboxylic acids is 2. The second-order valence-electron chi connectivity index (χ2n) is 9.02. The van der Waals surface area contributed by atoms with Crippen LogP contribution in [0.4, 0.5) is 5.69 Å². The second-order valence-corrected chi connectivity index (χ2v) is 10.8. The quantitative estimate of drug-likeness (QED) is 0.326. The molecule has 0 amide bonds. The van der Waals surface area contributed by atoms with E-state index in [9.17, 15) is 23.3 Å². The molecule has 0 saturated carbocycles. The van der Waals surface area contributed by atoms with Crippen LogP contribution in [0.15, 0.2) is 75.7 Å². The number of carbonyl (C=O) groups is 2. The largest absolute Gasteiger partial charge is 0.292 e. The first kappa shape index (κ1) is 28.0. The van der Waals surface area contributed by atoms with Crippen LogP contribution in [0.1, 0.15) is 57.9 Å². The van der Waals surface area contributed by atoms with Crippen LogP contribution in [0.3, 0.4) is 0 Å². The van der Waals surface area contributed by atoms with Gasteiger partial charge in [0.2, 0.25) is 10.0 Å². The lowest BCUT2D eigenvalue weighted by atomic mass is 9.78. The maximum absolute atomic E-state index is 13.3. The minimum absolute atomic E-state index is 0.00854. The lowest BCUT2D eigenvalue weighted by Crippen LogP contribution is -2.36. The van der Waals surface area contributed by atoms with E-state index in [4.69, 9.17) is 0 Å². The van der Waals surface area contributed by atoms with Gasteiger partial charge in [0.15, 0.2) is 11.6 Å².